The Morgan fingerprint density at radius 3 is 2.42 bits per heavy atom. The third-order valence-corrected chi connectivity index (χ3v) is 6.92. The molecule has 1 saturated heterocycles. The molecule has 0 spiro atoms. The van der Waals surface area contributed by atoms with E-state index in [2.05, 4.69) is 21.4 Å². The van der Waals surface area contributed by atoms with Gasteiger partial charge in [0.05, 0.1) is 19.9 Å². The highest BCUT2D eigenvalue weighted by Crippen LogP contribution is 2.40. The Balaban J connectivity index is 1.52. The van der Waals surface area contributed by atoms with Gasteiger partial charge in [-0.15, -0.1) is 0 Å². The zero-order chi connectivity index (χ0) is 27.6. The number of hydrazine groups is 1. The van der Waals surface area contributed by atoms with Crippen LogP contribution in [0.1, 0.15) is 21.5 Å². The monoisotopic (exact) mass is 623 g/mol. The SMILES string of the molecule is O=C(NN1C(=O)/C(=C\c2ccc(Oc3ccc(C(F)(F)F)cc3[N+](=O)[O-])c(Br)c2)SC1=S)c1ccccc1. The zero-order valence-corrected chi connectivity index (χ0v) is 21.9. The number of nitro benzene ring substituents is 1. The predicted octanol–water partition coefficient (Wildman–Crippen LogP) is 6.71. The molecule has 4 rings (SSSR count). The van der Waals surface area contributed by atoms with E-state index in [4.69, 9.17) is 17.0 Å². The Labute approximate surface area is 230 Å². The van der Waals surface area contributed by atoms with Crippen LogP contribution in [0.15, 0.2) is 76.1 Å². The number of carbonyl (C=O) groups excluding carboxylic acids is 2. The highest BCUT2D eigenvalue weighted by atomic mass is 79.9. The van der Waals surface area contributed by atoms with Gasteiger partial charge in [-0.3, -0.25) is 25.1 Å². The highest BCUT2D eigenvalue weighted by Gasteiger charge is 2.35. The maximum absolute atomic E-state index is 12.9. The van der Waals surface area contributed by atoms with Crippen LogP contribution in [0.5, 0.6) is 11.5 Å². The Hall–Kier alpha value is -3.75. The number of hydrogen-bond donors (Lipinski definition) is 1. The molecule has 3 aromatic rings. The van der Waals surface area contributed by atoms with Crippen LogP contribution in [0.25, 0.3) is 6.08 Å². The first kappa shape index (κ1) is 27.3. The van der Waals surface area contributed by atoms with Crippen LogP contribution >= 0.6 is 39.9 Å². The van der Waals surface area contributed by atoms with Crippen LogP contribution < -0.4 is 10.2 Å². The lowest BCUT2D eigenvalue weighted by Crippen LogP contribution is -2.44. The first-order chi connectivity index (χ1) is 17.9. The number of thiocarbonyl (C=S) groups is 1. The van der Waals surface area contributed by atoms with E-state index in [9.17, 15) is 32.9 Å². The van der Waals surface area contributed by atoms with E-state index in [0.29, 0.717) is 27.7 Å². The Bertz CT molecular complexity index is 1500. The molecule has 1 aliphatic rings. The molecular weight excluding hydrogens is 611 g/mol. The molecule has 0 aliphatic carbocycles. The van der Waals surface area contributed by atoms with Crippen molar-refractivity contribution in [1.82, 2.24) is 10.4 Å². The second-order valence-electron chi connectivity index (χ2n) is 7.55. The summed E-state index contributed by atoms with van der Waals surface area (Å²) in [4.78, 5) is 35.8. The van der Waals surface area contributed by atoms with Gasteiger partial charge < -0.3 is 4.74 Å². The van der Waals surface area contributed by atoms with Crippen LogP contribution in [0, 0.1) is 10.1 Å². The lowest BCUT2D eigenvalue weighted by molar-refractivity contribution is -0.385. The average molecular weight is 624 g/mol. The number of nitrogens with zero attached hydrogens (tertiary/aromatic N) is 2. The van der Waals surface area contributed by atoms with E-state index in [1.807, 2.05) is 0 Å². The standard InChI is InChI=1S/C24H13BrF3N3O5S2/c25-16-10-13(6-8-18(16)36-19-9-7-15(24(26,27)28)12-17(19)31(34)35)11-20-22(33)30(23(37)38-20)29-21(32)14-4-2-1-3-5-14/h1-12H,(H,29,32)/b20-11+. The lowest BCUT2D eigenvalue weighted by atomic mass is 10.1. The summed E-state index contributed by atoms with van der Waals surface area (Å²) in [6.45, 7) is 0. The number of nitrogens with one attached hydrogen (secondary N) is 1. The molecule has 0 saturated carbocycles. The number of carbonyl (C=O) groups is 2. The van der Waals surface area contributed by atoms with Crippen molar-refractivity contribution < 1.29 is 32.4 Å². The fourth-order valence-electron chi connectivity index (χ4n) is 3.20. The molecule has 14 heteroatoms. The number of hydrogen-bond acceptors (Lipinski definition) is 7. The van der Waals surface area contributed by atoms with Crippen LogP contribution in [-0.2, 0) is 11.0 Å². The normalized spacial score (nSPS) is 14.6. The van der Waals surface area contributed by atoms with Gasteiger partial charge in [-0.05, 0) is 76.2 Å². The van der Waals surface area contributed by atoms with Crippen LogP contribution in [0.4, 0.5) is 18.9 Å². The second kappa shape index (κ2) is 10.9. The highest BCUT2D eigenvalue weighted by molar-refractivity contribution is 9.10. The molecule has 1 aliphatic heterocycles. The molecule has 8 nitrogen and oxygen atoms in total. The quantitative estimate of drug-likeness (QED) is 0.141. The predicted molar refractivity (Wildman–Crippen MR) is 141 cm³/mol. The van der Waals surface area contributed by atoms with Crippen molar-refractivity contribution in [2.24, 2.45) is 0 Å². The molecule has 1 fully saturated rings. The number of nitro groups is 1. The number of thioether (sulfide) groups is 1. The van der Waals surface area contributed by atoms with Crippen molar-refractivity contribution in [2.45, 2.75) is 6.18 Å². The van der Waals surface area contributed by atoms with E-state index in [0.717, 1.165) is 22.8 Å². The third-order valence-electron chi connectivity index (χ3n) is 5.00. The van der Waals surface area contributed by atoms with Crippen molar-refractivity contribution in [3.8, 4) is 11.5 Å². The van der Waals surface area contributed by atoms with Crippen molar-refractivity contribution in [3.05, 3.63) is 103 Å². The van der Waals surface area contributed by atoms with Gasteiger partial charge in [-0.1, -0.05) is 36.0 Å². The Morgan fingerprint density at radius 1 is 1.11 bits per heavy atom. The summed E-state index contributed by atoms with van der Waals surface area (Å²) in [6, 6.07) is 14.7. The van der Waals surface area contributed by atoms with Crippen molar-refractivity contribution in [1.29, 1.82) is 0 Å². The molecule has 0 aromatic heterocycles. The van der Waals surface area contributed by atoms with Gasteiger partial charge in [0.15, 0.2) is 4.32 Å². The Kier molecular flexibility index (Phi) is 7.85. The molecule has 0 atom stereocenters. The molecule has 1 N–H and O–H groups in total. The summed E-state index contributed by atoms with van der Waals surface area (Å²) in [5.74, 6) is -1.34. The van der Waals surface area contributed by atoms with Crippen molar-refractivity contribution in [2.75, 3.05) is 0 Å². The molecule has 3 aromatic carbocycles. The van der Waals surface area contributed by atoms with Crippen molar-refractivity contribution in [3.63, 3.8) is 0 Å². The molecule has 0 bridgehead atoms. The maximum atomic E-state index is 12.9. The molecule has 2 amide bonds. The molecule has 1 heterocycles. The number of halogens is 4. The number of ether oxygens (including phenoxy) is 1. The van der Waals surface area contributed by atoms with Crippen LogP contribution in [0.3, 0.4) is 0 Å². The molecule has 194 valence electrons. The lowest BCUT2D eigenvalue weighted by Gasteiger charge is -2.15. The largest absolute Gasteiger partial charge is 0.449 e. The topological polar surface area (TPSA) is 102 Å². The number of alkyl halides is 3. The van der Waals surface area contributed by atoms with Gasteiger partial charge in [0, 0.05) is 11.6 Å². The number of amides is 2. The van der Waals surface area contributed by atoms with Crippen LogP contribution in [0.2, 0.25) is 0 Å². The average Bonchev–Trinajstić information content (AvgIpc) is 3.12. The molecular formula is C24H13BrF3N3O5S2. The third kappa shape index (κ3) is 6.03. The van der Waals surface area contributed by atoms with Gasteiger partial charge >= 0.3 is 11.9 Å². The zero-order valence-electron chi connectivity index (χ0n) is 18.7. The summed E-state index contributed by atoms with van der Waals surface area (Å²) in [5.41, 5.74) is 1.31. The summed E-state index contributed by atoms with van der Waals surface area (Å²) >= 11 is 9.47. The summed E-state index contributed by atoms with van der Waals surface area (Å²) in [5, 5.41) is 12.3. The van der Waals surface area contributed by atoms with Gasteiger partial charge in [0.1, 0.15) is 5.75 Å². The number of benzene rings is 3. The van der Waals surface area contributed by atoms with E-state index < -0.39 is 34.2 Å². The van der Waals surface area contributed by atoms with Gasteiger partial charge in [0.2, 0.25) is 5.75 Å². The summed E-state index contributed by atoms with van der Waals surface area (Å²) in [7, 11) is 0. The maximum Gasteiger partial charge on any atom is 0.416 e. The van der Waals surface area contributed by atoms with Crippen LogP contribution in [-0.4, -0.2) is 26.1 Å². The smallest absolute Gasteiger partial charge is 0.416 e. The first-order valence-electron chi connectivity index (χ1n) is 10.4. The molecule has 0 radical (unpaired) electrons. The van der Waals surface area contributed by atoms with E-state index in [1.54, 1.807) is 36.4 Å². The summed E-state index contributed by atoms with van der Waals surface area (Å²) in [6.07, 6.45) is -3.24. The van der Waals surface area contributed by atoms with Gasteiger partial charge in [-0.25, -0.2) is 0 Å². The van der Waals surface area contributed by atoms with Gasteiger partial charge in [-0.2, -0.15) is 18.2 Å². The minimum Gasteiger partial charge on any atom is -0.449 e. The summed E-state index contributed by atoms with van der Waals surface area (Å²) < 4.78 is 44.8. The minimum atomic E-state index is -4.75. The first-order valence-corrected chi connectivity index (χ1v) is 12.4. The van der Waals surface area contributed by atoms with E-state index >= 15 is 0 Å². The van der Waals surface area contributed by atoms with E-state index in [-0.39, 0.29) is 20.7 Å². The molecule has 0 unspecified atom stereocenters. The van der Waals surface area contributed by atoms with E-state index in [1.165, 1.54) is 18.2 Å². The van der Waals surface area contributed by atoms with Crippen molar-refractivity contribution >= 4 is 67.8 Å². The van der Waals surface area contributed by atoms with Gasteiger partial charge in [0.25, 0.3) is 11.8 Å². The number of rotatable bonds is 6. The fraction of sp³-hybridized carbons (Fsp3) is 0.0417. The second-order valence-corrected chi connectivity index (χ2v) is 10.1. The molecule has 38 heavy (non-hydrogen) atoms. The minimum absolute atomic E-state index is 0.0904. The fourth-order valence-corrected chi connectivity index (χ4v) is 4.86. The Morgan fingerprint density at radius 2 is 1.79 bits per heavy atom.